The number of hydrogen-bond donors (Lipinski definition) is 0. The zero-order valence-corrected chi connectivity index (χ0v) is 13.5. The Morgan fingerprint density at radius 2 is 1.67 bits per heavy atom. The summed E-state index contributed by atoms with van der Waals surface area (Å²) in [7, 11) is 0. The van der Waals surface area contributed by atoms with E-state index in [9.17, 15) is 9.59 Å². The van der Waals surface area contributed by atoms with E-state index < -0.39 is 6.09 Å². The number of fused-ring (bicyclic) bond motifs is 3. The number of carbonyl (C=O) groups is 2. The van der Waals surface area contributed by atoms with Gasteiger partial charge in [0.25, 0.3) is 6.47 Å². The molecule has 1 aliphatic rings. The van der Waals surface area contributed by atoms with Gasteiger partial charge >= 0.3 is 6.09 Å². The SMILES string of the molecule is CCN(COC=O)C(=O)OCC1c2ccccc2-c2ccccc21. The predicted molar refractivity (Wildman–Crippen MR) is 89.5 cm³/mol. The van der Waals surface area contributed by atoms with Crippen LogP contribution in [0.5, 0.6) is 0 Å². The van der Waals surface area contributed by atoms with E-state index >= 15 is 0 Å². The van der Waals surface area contributed by atoms with Gasteiger partial charge in [-0.2, -0.15) is 0 Å². The van der Waals surface area contributed by atoms with Crippen LogP contribution in [0, 0.1) is 0 Å². The molecule has 1 aliphatic carbocycles. The Labute approximate surface area is 140 Å². The van der Waals surface area contributed by atoms with Crippen LogP contribution in [-0.2, 0) is 14.3 Å². The zero-order chi connectivity index (χ0) is 16.9. The summed E-state index contributed by atoms with van der Waals surface area (Å²) in [6.45, 7) is 2.68. The van der Waals surface area contributed by atoms with Gasteiger partial charge in [0.15, 0.2) is 6.73 Å². The first-order valence-corrected chi connectivity index (χ1v) is 7.91. The fraction of sp³-hybridized carbons (Fsp3) is 0.263. The molecule has 0 heterocycles. The minimum absolute atomic E-state index is 0.0204. The highest BCUT2D eigenvalue weighted by Crippen LogP contribution is 2.44. The van der Waals surface area contributed by atoms with Crippen molar-refractivity contribution in [2.45, 2.75) is 12.8 Å². The van der Waals surface area contributed by atoms with E-state index in [2.05, 4.69) is 29.0 Å². The second kappa shape index (κ2) is 7.17. The van der Waals surface area contributed by atoms with Gasteiger partial charge in [-0.25, -0.2) is 4.79 Å². The van der Waals surface area contributed by atoms with Gasteiger partial charge in [-0.1, -0.05) is 48.5 Å². The second-order valence-electron chi connectivity index (χ2n) is 5.55. The Balaban J connectivity index is 1.76. The van der Waals surface area contributed by atoms with Crippen LogP contribution in [0.3, 0.4) is 0 Å². The van der Waals surface area contributed by atoms with Gasteiger partial charge in [0.1, 0.15) is 6.61 Å². The molecule has 124 valence electrons. The lowest BCUT2D eigenvalue weighted by Crippen LogP contribution is -2.34. The number of amides is 1. The number of benzene rings is 2. The standard InChI is InChI=1S/C19H19NO4/c1-2-20(12-23-13-21)19(22)24-11-18-16-9-5-3-7-14(16)15-8-4-6-10-17(15)18/h3-10,13,18H,2,11-12H2,1H3. The quantitative estimate of drug-likeness (QED) is 0.603. The smallest absolute Gasteiger partial charge is 0.412 e. The summed E-state index contributed by atoms with van der Waals surface area (Å²) in [6, 6.07) is 16.3. The minimum atomic E-state index is -0.485. The maximum absolute atomic E-state index is 12.2. The fourth-order valence-corrected chi connectivity index (χ4v) is 3.08. The number of carbonyl (C=O) groups excluding carboxylic acids is 2. The maximum Gasteiger partial charge on any atom is 0.412 e. The molecule has 0 saturated carbocycles. The van der Waals surface area contributed by atoms with Crippen LogP contribution in [0.25, 0.3) is 11.1 Å². The Morgan fingerprint density at radius 3 is 2.21 bits per heavy atom. The normalized spacial score (nSPS) is 12.2. The number of rotatable bonds is 6. The highest BCUT2D eigenvalue weighted by Gasteiger charge is 2.29. The molecule has 0 spiro atoms. The molecule has 0 radical (unpaired) electrons. The van der Waals surface area contributed by atoms with Crippen molar-refractivity contribution in [1.29, 1.82) is 0 Å². The Hall–Kier alpha value is -2.82. The lowest BCUT2D eigenvalue weighted by atomic mass is 9.98. The molecule has 5 nitrogen and oxygen atoms in total. The molecular weight excluding hydrogens is 306 g/mol. The molecule has 2 aromatic rings. The molecule has 0 atom stereocenters. The molecule has 24 heavy (non-hydrogen) atoms. The van der Waals surface area contributed by atoms with E-state index in [0.29, 0.717) is 13.0 Å². The first-order chi connectivity index (χ1) is 11.8. The van der Waals surface area contributed by atoms with Gasteiger partial charge in [0.05, 0.1) is 0 Å². The summed E-state index contributed by atoms with van der Waals surface area (Å²) < 4.78 is 10.1. The molecule has 3 rings (SSSR count). The number of nitrogens with zero attached hydrogens (tertiary/aromatic N) is 1. The van der Waals surface area contributed by atoms with Crippen molar-refractivity contribution in [3.8, 4) is 11.1 Å². The van der Waals surface area contributed by atoms with E-state index in [1.54, 1.807) is 6.92 Å². The maximum atomic E-state index is 12.2. The summed E-state index contributed by atoms with van der Waals surface area (Å²) in [5, 5.41) is 0. The molecule has 2 aromatic carbocycles. The van der Waals surface area contributed by atoms with E-state index in [1.807, 2.05) is 24.3 Å². The molecular formula is C19H19NO4. The zero-order valence-electron chi connectivity index (χ0n) is 13.5. The van der Waals surface area contributed by atoms with Crippen LogP contribution in [0.4, 0.5) is 4.79 Å². The monoisotopic (exact) mass is 325 g/mol. The molecule has 0 aliphatic heterocycles. The summed E-state index contributed by atoms with van der Waals surface area (Å²) >= 11 is 0. The molecule has 0 bridgehead atoms. The van der Waals surface area contributed by atoms with Crippen LogP contribution in [0.1, 0.15) is 24.0 Å². The van der Waals surface area contributed by atoms with E-state index in [0.717, 1.165) is 0 Å². The third kappa shape index (κ3) is 2.97. The molecule has 0 fully saturated rings. The molecule has 1 amide bonds. The van der Waals surface area contributed by atoms with Crippen molar-refractivity contribution in [2.24, 2.45) is 0 Å². The Morgan fingerprint density at radius 1 is 1.08 bits per heavy atom. The van der Waals surface area contributed by atoms with Crippen LogP contribution in [-0.4, -0.2) is 37.3 Å². The highest BCUT2D eigenvalue weighted by molar-refractivity contribution is 5.79. The predicted octanol–water partition coefficient (Wildman–Crippen LogP) is 3.39. The molecule has 5 heteroatoms. The van der Waals surface area contributed by atoms with Crippen LogP contribution in [0.15, 0.2) is 48.5 Å². The van der Waals surface area contributed by atoms with Crippen LogP contribution < -0.4 is 0 Å². The van der Waals surface area contributed by atoms with Gasteiger partial charge in [-0.3, -0.25) is 9.69 Å². The van der Waals surface area contributed by atoms with Gasteiger partial charge < -0.3 is 9.47 Å². The Kier molecular flexibility index (Phi) is 4.79. The second-order valence-corrected chi connectivity index (χ2v) is 5.55. The first-order valence-electron chi connectivity index (χ1n) is 7.91. The summed E-state index contributed by atoms with van der Waals surface area (Å²) in [6.07, 6.45) is -0.485. The van der Waals surface area contributed by atoms with Crippen LogP contribution >= 0.6 is 0 Å². The van der Waals surface area contributed by atoms with Crippen molar-refractivity contribution in [3.05, 3.63) is 59.7 Å². The van der Waals surface area contributed by atoms with Crippen molar-refractivity contribution < 1.29 is 19.1 Å². The number of ether oxygens (including phenoxy) is 2. The topological polar surface area (TPSA) is 55.8 Å². The number of hydrogen-bond acceptors (Lipinski definition) is 4. The lowest BCUT2D eigenvalue weighted by Gasteiger charge is -2.21. The van der Waals surface area contributed by atoms with Gasteiger partial charge in [-0.05, 0) is 29.2 Å². The summed E-state index contributed by atoms with van der Waals surface area (Å²) in [4.78, 5) is 23.8. The molecule has 0 aromatic heterocycles. The lowest BCUT2D eigenvalue weighted by molar-refractivity contribution is -0.132. The fourth-order valence-electron chi connectivity index (χ4n) is 3.08. The molecule has 0 N–H and O–H groups in total. The van der Waals surface area contributed by atoms with Crippen LogP contribution in [0.2, 0.25) is 0 Å². The van der Waals surface area contributed by atoms with E-state index in [-0.39, 0.29) is 19.3 Å². The molecule has 0 saturated heterocycles. The first kappa shape index (κ1) is 16.1. The summed E-state index contributed by atoms with van der Waals surface area (Å²) in [5.74, 6) is 0.0204. The van der Waals surface area contributed by atoms with Crippen molar-refractivity contribution in [2.75, 3.05) is 19.9 Å². The van der Waals surface area contributed by atoms with Crippen molar-refractivity contribution >= 4 is 12.6 Å². The average Bonchev–Trinajstić information content (AvgIpc) is 2.94. The summed E-state index contributed by atoms with van der Waals surface area (Å²) in [5.41, 5.74) is 4.70. The van der Waals surface area contributed by atoms with Crippen molar-refractivity contribution in [1.82, 2.24) is 4.90 Å². The highest BCUT2D eigenvalue weighted by atomic mass is 16.6. The minimum Gasteiger partial charge on any atom is -0.448 e. The third-order valence-corrected chi connectivity index (χ3v) is 4.27. The van der Waals surface area contributed by atoms with Gasteiger partial charge in [-0.15, -0.1) is 0 Å². The van der Waals surface area contributed by atoms with Gasteiger partial charge in [0.2, 0.25) is 0 Å². The van der Waals surface area contributed by atoms with Crippen molar-refractivity contribution in [3.63, 3.8) is 0 Å². The Bertz CT molecular complexity index is 698. The molecule has 0 unspecified atom stereocenters. The van der Waals surface area contributed by atoms with E-state index in [4.69, 9.17) is 4.74 Å². The average molecular weight is 325 g/mol. The van der Waals surface area contributed by atoms with Gasteiger partial charge in [0, 0.05) is 12.5 Å². The van der Waals surface area contributed by atoms with E-state index in [1.165, 1.54) is 27.2 Å². The largest absolute Gasteiger partial charge is 0.448 e. The third-order valence-electron chi connectivity index (χ3n) is 4.27.